The van der Waals surface area contributed by atoms with Gasteiger partial charge in [-0.3, -0.25) is 0 Å². The minimum Gasteiger partial charge on any atom is -0.313 e. The molecule has 0 amide bonds. The molecule has 1 aromatic carbocycles. The Morgan fingerprint density at radius 2 is 2.35 bits per heavy atom. The summed E-state index contributed by atoms with van der Waals surface area (Å²) >= 11 is 3.17. The normalized spacial score (nSPS) is 10.7. The van der Waals surface area contributed by atoms with Crippen molar-refractivity contribution < 1.29 is 4.39 Å². The van der Waals surface area contributed by atoms with Crippen LogP contribution in [0.5, 0.6) is 0 Å². The lowest BCUT2D eigenvalue weighted by molar-refractivity contribution is 0.619. The highest BCUT2D eigenvalue weighted by Gasteiger charge is 2.07. The standard InChI is InChI=1S/C12H13FN2S2/c1-2-14-8-9-7-10(13)3-4-11(9)17-12-15-5-6-16-12/h3-7,14H,2,8H2,1H3. The molecule has 0 bridgehead atoms. The van der Waals surface area contributed by atoms with Crippen LogP contribution in [0.15, 0.2) is 39.0 Å². The molecule has 90 valence electrons. The van der Waals surface area contributed by atoms with E-state index in [0.29, 0.717) is 6.54 Å². The van der Waals surface area contributed by atoms with Crippen molar-refractivity contribution in [3.05, 3.63) is 41.2 Å². The average Bonchev–Trinajstić information content (AvgIpc) is 2.82. The number of halogens is 1. The Hall–Kier alpha value is -0.910. The second kappa shape index (κ2) is 6.14. The van der Waals surface area contributed by atoms with Gasteiger partial charge in [0.05, 0.1) is 0 Å². The summed E-state index contributed by atoms with van der Waals surface area (Å²) < 4.78 is 14.2. The summed E-state index contributed by atoms with van der Waals surface area (Å²) in [6.45, 7) is 3.59. The summed E-state index contributed by atoms with van der Waals surface area (Å²) in [4.78, 5) is 5.28. The Bertz CT molecular complexity index is 471. The third-order valence-corrected chi connectivity index (χ3v) is 4.20. The van der Waals surface area contributed by atoms with Crippen LogP contribution in [0.3, 0.4) is 0 Å². The van der Waals surface area contributed by atoms with Crippen molar-refractivity contribution in [2.75, 3.05) is 6.54 Å². The number of nitrogens with zero attached hydrogens (tertiary/aromatic N) is 1. The molecule has 0 atom stereocenters. The third kappa shape index (κ3) is 3.52. The van der Waals surface area contributed by atoms with Crippen molar-refractivity contribution in [3.8, 4) is 0 Å². The molecular formula is C12H13FN2S2. The van der Waals surface area contributed by atoms with Gasteiger partial charge >= 0.3 is 0 Å². The first-order valence-electron chi connectivity index (χ1n) is 5.36. The van der Waals surface area contributed by atoms with Gasteiger partial charge in [-0.1, -0.05) is 18.7 Å². The predicted octanol–water partition coefficient (Wildman–Crippen LogP) is 3.54. The van der Waals surface area contributed by atoms with Crippen LogP contribution in [-0.2, 0) is 6.54 Å². The highest BCUT2D eigenvalue weighted by Crippen LogP contribution is 2.32. The fourth-order valence-corrected chi connectivity index (χ4v) is 3.09. The summed E-state index contributed by atoms with van der Waals surface area (Å²) in [6.07, 6.45) is 1.78. The zero-order valence-electron chi connectivity index (χ0n) is 9.44. The predicted molar refractivity (Wildman–Crippen MR) is 70.0 cm³/mol. The molecule has 0 radical (unpaired) electrons. The number of hydrogen-bond donors (Lipinski definition) is 1. The fraction of sp³-hybridized carbons (Fsp3) is 0.250. The molecule has 0 saturated carbocycles. The van der Waals surface area contributed by atoms with Gasteiger partial charge in [-0.2, -0.15) is 0 Å². The van der Waals surface area contributed by atoms with Gasteiger partial charge in [-0.15, -0.1) is 11.3 Å². The van der Waals surface area contributed by atoms with E-state index in [1.165, 1.54) is 6.07 Å². The molecule has 0 saturated heterocycles. The molecule has 2 rings (SSSR count). The lowest BCUT2D eigenvalue weighted by atomic mass is 10.2. The molecule has 2 nitrogen and oxygen atoms in total. The van der Waals surface area contributed by atoms with Crippen molar-refractivity contribution in [3.63, 3.8) is 0 Å². The first-order chi connectivity index (χ1) is 8.29. The van der Waals surface area contributed by atoms with E-state index in [1.54, 1.807) is 35.4 Å². The number of thiazole rings is 1. The van der Waals surface area contributed by atoms with E-state index in [9.17, 15) is 4.39 Å². The zero-order valence-corrected chi connectivity index (χ0v) is 11.1. The molecule has 2 aromatic rings. The maximum Gasteiger partial charge on any atom is 0.154 e. The molecular weight excluding hydrogens is 255 g/mol. The molecule has 0 aliphatic rings. The van der Waals surface area contributed by atoms with E-state index in [-0.39, 0.29) is 5.82 Å². The summed E-state index contributed by atoms with van der Waals surface area (Å²) in [5, 5.41) is 5.16. The lowest BCUT2D eigenvalue weighted by Crippen LogP contribution is -2.12. The number of nitrogens with one attached hydrogen (secondary N) is 1. The molecule has 0 spiro atoms. The van der Waals surface area contributed by atoms with Crippen molar-refractivity contribution in [1.82, 2.24) is 10.3 Å². The van der Waals surface area contributed by atoms with Crippen molar-refractivity contribution in [1.29, 1.82) is 0 Å². The van der Waals surface area contributed by atoms with E-state index in [4.69, 9.17) is 0 Å². The van der Waals surface area contributed by atoms with Crippen LogP contribution < -0.4 is 5.32 Å². The number of hydrogen-bond acceptors (Lipinski definition) is 4. The first kappa shape index (κ1) is 12.5. The second-order valence-corrected chi connectivity index (χ2v) is 5.62. The SMILES string of the molecule is CCNCc1cc(F)ccc1Sc1nccs1. The Morgan fingerprint density at radius 1 is 1.47 bits per heavy atom. The van der Waals surface area contributed by atoms with Crippen LogP contribution in [0, 0.1) is 5.82 Å². The smallest absolute Gasteiger partial charge is 0.154 e. The Morgan fingerprint density at radius 3 is 3.06 bits per heavy atom. The quantitative estimate of drug-likeness (QED) is 0.897. The topological polar surface area (TPSA) is 24.9 Å². The largest absolute Gasteiger partial charge is 0.313 e. The van der Waals surface area contributed by atoms with E-state index < -0.39 is 0 Å². The maximum atomic E-state index is 13.2. The van der Waals surface area contributed by atoms with E-state index in [2.05, 4.69) is 10.3 Å². The molecule has 0 unspecified atom stereocenters. The highest BCUT2D eigenvalue weighted by atomic mass is 32.2. The van der Waals surface area contributed by atoms with Crippen LogP contribution in [-0.4, -0.2) is 11.5 Å². The van der Waals surface area contributed by atoms with Crippen molar-refractivity contribution >= 4 is 23.1 Å². The van der Waals surface area contributed by atoms with Gasteiger partial charge in [0.15, 0.2) is 4.34 Å². The van der Waals surface area contributed by atoms with Crippen molar-refractivity contribution in [2.24, 2.45) is 0 Å². The fourth-order valence-electron chi connectivity index (χ4n) is 1.40. The molecule has 5 heteroatoms. The van der Waals surface area contributed by atoms with Crippen LogP contribution in [0.2, 0.25) is 0 Å². The van der Waals surface area contributed by atoms with E-state index >= 15 is 0 Å². The summed E-state index contributed by atoms with van der Waals surface area (Å²) in [5.74, 6) is -0.193. The lowest BCUT2D eigenvalue weighted by Gasteiger charge is -2.08. The Balaban J connectivity index is 2.19. The number of rotatable bonds is 5. The average molecular weight is 268 g/mol. The van der Waals surface area contributed by atoms with Gasteiger partial charge in [-0.25, -0.2) is 9.37 Å². The molecule has 1 aromatic heterocycles. The van der Waals surface area contributed by atoms with E-state index in [1.807, 2.05) is 18.4 Å². The second-order valence-electron chi connectivity index (χ2n) is 3.43. The molecule has 0 fully saturated rings. The molecule has 17 heavy (non-hydrogen) atoms. The maximum absolute atomic E-state index is 13.2. The van der Waals surface area contributed by atoms with Crippen LogP contribution >= 0.6 is 23.1 Å². The molecule has 1 N–H and O–H groups in total. The van der Waals surface area contributed by atoms with E-state index in [0.717, 1.165) is 21.3 Å². The molecule has 0 aliphatic heterocycles. The molecule has 0 aliphatic carbocycles. The van der Waals surface area contributed by atoms with Gasteiger partial charge in [0.25, 0.3) is 0 Å². The van der Waals surface area contributed by atoms with Crippen molar-refractivity contribution in [2.45, 2.75) is 22.7 Å². The molecule has 1 heterocycles. The number of aromatic nitrogens is 1. The zero-order chi connectivity index (χ0) is 12.1. The Kier molecular flexibility index (Phi) is 4.53. The summed E-state index contributed by atoms with van der Waals surface area (Å²) in [6, 6.07) is 4.89. The van der Waals surface area contributed by atoms with Gasteiger partial charge < -0.3 is 5.32 Å². The number of benzene rings is 1. The monoisotopic (exact) mass is 268 g/mol. The van der Waals surface area contributed by atoms with Crippen LogP contribution in [0.4, 0.5) is 4.39 Å². The summed E-state index contributed by atoms with van der Waals surface area (Å²) in [5.41, 5.74) is 0.979. The van der Waals surface area contributed by atoms with Crippen LogP contribution in [0.25, 0.3) is 0 Å². The minimum absolute atomic E-state index is 0.193. The highest BCUT2D eigenvalue weighted by molar-refractivity contribution is 8.01. The first-order valence-corrected chi connectivity index (χ1v) is 7.05. The minimum atomic E-state index is -0.193. The Labute approximate surface area is 108 Å². The van der Waals surface area contributed by atoms with Gasteiger partial charge in [-0.05, 0) is 30.3 Å². The van der Waals surface area contributed by atoms with Gasteiger partial charge in [0.1, 0.15) is 5.82 Å². The van der Waals surface area contributed by atoms with Crippen LogP contribution in [0.1, 0.15) is 12.5 Å². The van der Waals surface area contributed by atoms with Gasteiger partial charge in [0, 0.05) is 23.0 Å². The third-order valence-electron chi connectivity index (χ3n) is 2.19. The van der Waals surface area contributed by atoms with Gasteiger partial charge in [0.2, 0.25) is 0 Å². The summed E-state index contributed by atoms with van der Waals surface area (Å²) in [7, 11) is 0.